The fraction of sp³-hybridized carbons (Fsp3) is 0.421. The maximum Gasteiger partial charge on any atom is 0.273 e. The topological polar surface area (TPSA) is 62.3 Å². The number of hydrogen-bond donors (Lipinski definition) is 1. The number of piperidine rings is 1. The molecule has 2 aromatic rings. The van der Waals surface area contributed by atoms with Crippen LogP contribution in [0.1, 0.15) is 48.7 Å². The third kappa shape index (κ3) is 4.66. The Hall–Kier alpha value is -2.21. The van der Waals surface area contributed by atoms with Gasteiger partial charge in [0.15, 0.2) is 5.13 Å². The molecule has 3 rings (SSSR count). The van der Waals surface area contributed by atoms with Gasteiger partial charge in [-0.25, -0.2) is 4.98 Å². The minimum atomic E-state index is -0.0801. The summed E-state index contributed by atoms with van der Waals surface area (Å²) in [6.07, 6.45) is 4.35. The van der Waals surface area contributed by atoms with E-state index in [0.717, 1.165) is 24.9 Å². The standard InChI is InChI=1S/C19H23N3O2S/c1-14-7-5-6-12-22(14)18(24)16-13-25-19(20-16)21-17(23)11-10-15-8-3-2-4-9-15/h2-4,8-9,13-14H,5-7,10-12H2,1H3,(H,20,21,23). The maximum atomic E-state index is 12.6. The van der Waals surface area contributed by atoms with Gasteiger partial charge in [0.05, 0.1) is 0 Å². The van der Waals surface area contributed by atoms with Crippen LogP contribution in [0, 0.1) is 0 Å². The van der Waals surface area contributed by atoms with Crippen LogP contribution < -0.4 is 5.32 Å². The molecule has 1 aliphatic heterocycles. The molecule has 0 bridgehead atoms. The van der Waals surface area contributed by atoms with E-state index < -0.39 is 0 Å². The van der Waals surface area contributed by atoms with E-state index in [4.69, 9.17) is 0 Å². The van der Waals surface area contributed by atoms with Crippen molar-refractivity contribution < 1.29 is 9.59 Å². The highest BCUT2D eigenvalue weighted by Crippen LogP contribution is 2.22. The number of carbonyl (C=O) groups excluding carboxylic acids is 2. The van der Waals surface area contributed by atoms with Gasteiger partial charge in [-0.2, -0.15) is 0 Å². The first-order chi connectivity index (χ1) is 12.1. The van der Waals surface area contributed by atoms with Gasteiger partial charge >= 0.3 is 0 Å². The number of rotatable bonds is 5. The second kappa shape index (κ2) is 8.25. The van der Waals surface area contributed by atoms with Crippen molar-refractivity contribution in [3.05, 3.63) is 47.0 Å². The van der Waals surface area contributed by atoms with E-state index >= 15 is 0 Å². The Balaban J connectivity index is 1.54. The second-order valence-corrected chi connectivity index (χ2v) is 7.27. The molecule has 25 heavy (non-hydrogen) atoms. The Labute approximate surface area is 152 Å². The third-order valence-electron chi connectivity index (χ3n) is 4.52. The first-order valence-electron chi connectivity index (χ1n) is 8.74. The minimum Gasteiger partial charge on any atom is -0.335 e. The monoisotopic (exact) mass is 357 g/mol. The summed E-state index contributed by atoms with van der Waals surface area (Å²) in [5.74, 6) is -0.114. The van der Waals surface area contributed by atoms with Crippen molar-refractivity contribution in [1.82, 2.24) is 9.88 Å². The highest BCUT2D eigenvalue weighted by atomic mass is 32.1. The normalized spacial score (nSPS) is 17.3. The number of anilines is 1. The number of likely N-dealkylation sites (tertiary alicyclic amines) is 1. The summed E-state index contributed by atoms with van der Waals surface area (Å²) < 4.78 is 0. The van der Waals surface area contributed by atoms with E-state index in [2.05, 4.69) is 17.2 Å². The minimum absolute atomic E-state index is 0.0340. The van der Waals surface area contributed by atoms with Crippen molar-refractivity contribution in [3.8, 4) is 0 Å². The third-order valence-corrected chi connectivity index (χ3v) is 5.27. The molecule has 1 aromatic carbocycles. The second-order valence-electron chi connectivity index (χ2n) is 6.42. The average molecular weight is 357 g/mol. The molecule has 1 aliphatic rings. The Bertz CT molecular complexity index is 729. The average Bonchev–Trinajstić information content (AvgIpc) is 3.09. The van der Waals surface area contributed by atoms with E-state index in [-0.39, 0.29) is 17.9 Å². The first kappa shape index (κ1) is 17.6. The van der Waals surface area contributed by atoms with Crippen molar-refractivity contribution in [2.75, 3.05) is 11.9 Å². The predicted octanol–water partition coefficient (Wildman–Crippen LogP) is 3.73. The lowest BCUT2D eigenvalue weighted by atomic mass is 10.0. The zero-order chi connectivity index (χ0) is 17.6. The van der Waals surface area contributed by atoms with Gasteiger partial charge in [-0.15, -0.1) is 11.3 Å². The van der Waals surface area contributed by atoms with E-state index in [1.807, 2.05) is 35.2 Å². The smallest absolute Gasteiger partial charge is 0.273 e. The molecule has 1 atom stereocenters. The zero-order valence-corrected chi connectivity index (χ0v) is 15.2. The van der Waals surface area contributed by atoms with E-state index in [1.165, 1.54) is 17.8 Å². The molecule has 1 saturated heterocycles. The molecule has 132 valence electrons. The number of nitrogens with one attached hydrogen (secondary N) is 1. The maximum absolute atomic E-state index is 12.6. The van der Waals surface area contributed by atoms with Crippen molar-refractivity contribution in [2.45, 2.75) is 45.1 Å². The van der Waals surface area contributed by atoms with E-state index in [1.54, 1.807) is 5.38 Å². The summed E-state index contributed by atoms with van der Waals surface area (Å²) in [4.78, 5) is 30.9. The summed E-state index contributed by atoms with van der Waals surface area (Å²) in [6.45, 7) is 2.87. The van der Waals surface area contributed by atoms with Crippen LogP contribution in [0.4, 0.5) is 5.13 Å². The number of hydrogen-bond acceptors (Lipinski definition) is 4. The van der Waals surface area contributed by atoms with Crippen molar-refractivity contribution in [1.29, 1.82) is 0 Å². The Morgan fingerprint density at radius 1 is 1.28 bits per heavy atom. The van der Waals surface area contributed by atoms with Gasteiger partial charge < -0.3 is 10.2 Å². The van der Waals surface area contributed by atoms with Gasteiger partial charge in [-0.1, -0.05) is 30.3 Å². The molecule has 1 unspecified atom stereocenters. The van der Waals surface area contributed by atoms with Crippen LogP contribution in [0.5, 0.6) is 0 Å². The lowest BCUT2D eigenvalue weighted by Crippen LogP contribution is -2.42. The van der Waals surface area contributed by atoms with Crippen molar-refractivity contribution in [2.24, 2.45) is 0 Å². The number of aromatic nitrogens is 1. The van der Waals surface area contributed by atoms with Crippen LogP contribution in [0.3, 0.4) is 0 Å². The molecule has 2 heterocycles. The summed E-state index contributed by atoms with van der Waals surface area (Å²) in [6, 6.07) is 10.2. The molecule has 6 heteroatoms. The highest BCUT2D eigenvalue weighted by Gasteiger charge is 2.26. The first-order valence-corrected chi connectivity index (χ1v) is 9.62. The highest BCUT2D eigenvalue weighted by molar-refractivity contribution is 7.14. The molecule has 5 nitrogen and oxygen atoms in total. The molecule has 1 N–H and O–H groups in total. The van der Waals surface area contributed by atoms with Crippen LogP contribution in [0.2, 0.25) is 0 Å². The van der Waals surface area contributed by atoms with Crippen molar-refractivity contribution in [3.63, 3.8) is 0 Å². The molecule has 0 saturated carbocycles. The van der Waals surface area contributed by atoms with E-state index in [0.29, 0.717) is 23.7 Å². The van der Waals surface area contributed by atoms with E-state index in [9.17, 15) is 9.59 Å². The van der Waals surface area contributed by atoms with Gasteiger partial charge in [-0.05, 0) is 38.2 Å². The number of carbonyl (C=O) groups is 2. The molecule has 0 spiro atoms. The van der Waals surface area contributed by atoms with Gasteiger partial charge in [0.1, 0.15) is 5.69 Å². The Morgan fingerprint density at radius 3 is 2.84 bits per heavy atom. The Morgan fingerprint density at radius 2 is 2.08 bits per heavy atom. The lowest BCUT2D eigenvalue weighted by Gasteiger charge is -2.32. The van der Waals surface area contributed by atoms with Crippen LogP contribution in [-0.2, 0) is 11.2 Å². The number of aryl methyl sites for hydroxylation is 1. The number of thiazole rings is 1. The summed E-state index contributed by atoms with van der Waals surface area (Å²) in [5, 5.41) is 5.02. The van der Waals surface area contributed by atoms with Crippen molar-refractivity contribution >= 4 is 28.3 Å². The SMILES string of the molecule is CC1CCCCN1C(=O)c1csc(NC(=O)CCc2ccccc2)n1. The number of nitrogens with zero attached hydrogens (tertiary/aromatic N) is 2. The van der Waals surface area contributed by atoms with Gasteiger partial charge in [0.25, 0.3) is 5.91 Å². The number of amides is 2. The summed E-state index contributed by atoms with van der Waals surface area (Å²) in [5.41, 5.74) is 1.56. The fourth-order valence-corrected chi connectivity index (χ4v) is 3.76. The van der Waals surface area contributed by atoms with Crippen LogP contribution >= 0.6 is 11.3 Å². The number of benzene rings is 1. The predicted molar refractivity (Wildman–Crippen MR) is 99.9 cm³/mol. The van der Waals surface area contributed by atoms with Gasteiger partial charge in [-0.3, -0.25) is 9.59 Å². The molecule has 0 aliphatic carbocycles. The lowest BCUT2D eigenvalue weighted by molar-refractivity contribution is -0.116. The molecular formula is C19H23N3O2S. The van der Waals surface area contributed by atoms with Crippen LogP contribution in [-0.4, -0.2) is 34.3 Å². The van der Waals surface area contributed by atoms with Crippen LogP contribution in [0.15, 0.2) is 35.7 Å². The van der Waals surface area contributed by atoms with Gasteiger partial charge in [0.2, 0.25) is 5.91 Å². The Kier molecular flexibility index (Phi) is 5.81. The zero-order valence-electron chi connectivity index (χ0n) is 14.4. The molecule has 1 aromatic heterocycles. The van der Waals surface area contributed by atoms with Gasteiger partial charge in [0, 0.05) is 24.4 Å². The molecule has 1 fully saturated rings. The molecule has 0 radical (unpaired) electrons. The van der Waals surface area contributed by atoms with Crippen LogP contribution in [0.25, 0.3) is 0 Å². The fourth-order valence-electron chi connectivity index (χ4n) is 3.06. The summed E-state index contributed by atoms with van der Waals surface area (Å²) >= 11 is 1.30. The largest absolute Gasteiger partial charge is 0.335 e. The quantitative estimate of drug-likeness (QED) is 0.887. The molecular weight excluding hydrogens is 334 g/mol. The molecule has 2 amide bonds. The summed E-state index contributed by atoms with van der Waals surface area (Å²) in [7, 11) is 0.